The van der Waals surface area contributed by atoms with Gasteiger partial charge in [-0.05, 0) is 36.9 Å². The Morgan fingerprint density at radius 2 is 1.96 bits per heavy atom. The van der Waals surface area contributed by atoms with Crippen LogP contribution < -0.4 is 0 Å². The van der Waals surface area contributed by atoms with Crippen molar-refractivity contribution in [2.24, 2.45) is 0 Å². The van der Waals surface area contributed by atoms with Crippen molar-refractivity contribution in [3.8, 4) is 0 Å². The number of hydrogen-bond acceptors (Lipinski definition) is 4. The predicted molar refractivity (Wildman–Crippen MR) is 109 cm³/mol. The van der Waals surface area contributed by atoms with Crippen LogP contribution >= 0.6 is 11.3 Å². The van der Waals surface area contributed by atoms with Crippen LogP contribution in [-0.4, -0.2) is 66.3 Å². The fourth-order valence-electron chi connectivity index (χ4n) is 3.33. The topological polar surface area (TPSA) is 43.9 Å². The molecule has 27 heavy (non-hydrogen) atoms. The van der Waals surface area contributed by atoms with Crippen LogP contribution in [0, 0.1) is 6.92 Å². The Bertz CT molecular complexity index is 775. The van der Waals surface area contributed by atoms with Crippen molar-refractivity contribution in [3.05, 3.63) is 57.8 Å². The van der Waals surface area contributed by atoms with Gasteiger partial charge in [0.1, 0.15) is 0 Å². The highest BCUT2D eigenvalue weighted by Crippen LogP contribution is 2.13. The summed E-state index contributed by atoms with van der Waals surface area (Å²) in [6.45, 7) is 6.04. The van der Waals surface area contributed by atoms with Gasteiger partial charge < -0.3 is 9.80 Å². The minimum atomic E-state index is 0.0849. The van der Waals surface area contributed by atoms with Gasteiger partial charge in [-0.1, -0.05) is 23.8 Å². The summed E-state index contributed by atoms with van der Waals surface area (Å²) < 4.78 is 0. The Morgan fingerprint density at radius 1 is 1.11 bits per heavy atom. The second-order valence-corrected chi connectivity index (χ2v) is 8.15. The van der Waals surface area contributed by atoms with E-state index >= 15 is 0 Å². The molecule has 0 bridgehead atoms. The smallest absolute Gasteiger partial charge is 0.253 e. The van der Waals surface area contributed by atoms with E-state index in [1.165, 1.54) is 4.88 Å². The quantitative estimate of drug-likeness (QED) is 0.795. The average Bonchev–Trinajstić information content (AvgIpc) is 3.05. The first-order chi connectivity index (χ1) is 13.0. The molecule has 1 saturated heterocycles. The number of nitrogens with zero attached hydrogens (tertiary/aromatic N) is 3. The maximum atomic E-state index is 12.8. The standard InChI is InChI=1S/C21H27N3O2S/c1-17-6-3-7-18(14-17)21(26)24-10-5-9-23(11-12-24)16-20(25)22(2)15-19-8-4-13-27-19/h3-4,6-8,13-14H,5,9-12,15-16H2,1-2H3. The second-order valence-electron chi connectivity index (χ2n) is 7.12. The maximum absolute atomic E-state index is 12.8. The van der Waals surface area contributed by atoms with Crippen LogP contribution in [0.5, 0.6) is 0 Å². The first-order valence-corrected chi connectivity index (χ1v) is 10.3. The summed E-state index contributed by atoms with van der Waals surface area (Å²) in [6, 6.07) is 11.8. The van der Waals surface area contributed by atoms with E-state index in [0.29, 0.717) is 19.6 Å². The van der Waals surface area contributed by atoms with Gasteiger partial charge in [0.2, 0.25) is 5.91 Å². The van der Waals surface area contributed by atoms with Gasteiger partial charge >= 0.3 is 0 Å². The van der Waals surface area contributed by atoms with E-state index in [2.05, 4.69) is 11.0 Å². The van der Waals surface area contributed by atoms with Crippen LogP contribution in [0.4, 0.5) is 0 Å². The van der Waals surface area contributed by atoms with Gasteiger partial charge in [-0.2, -0.15) is 0 Å². The van der Waals surface area contributed by atoms with Crippen molar-refractivity contribution in [1.82, 2.24) is 14.7 Å². The molecule has 1 aliphatic rings. The minimum absolute atomic E-state index is 0.0849. The van der Waals surface area contributed by atoms with Crippen molar-refractivity contribution in [2.45, 2.75) is 19.9 Å². The molecule has 3 rings (SSSR count). The van der Waals surface area contributed by atoms with E-state index in [0.717, 1.165) is 37.2 Å². The van der Waals surface area contributed by atoms with Crippen LogP contribution in [0.2, 0.25) is 0 Å². The van der Waals surface area contributed by atoms with Crippen LogP contribution in [0.25, 0.3) is 0 Å². The summed E-state index contributed by atoms with van der Waals surface area (Å²) in [5.74, 6) is 0.212. The molecule has 0 spiro atoms. The summed E-state index contributed by atoms with van der Waals surface area (Å²) >= 11 is 1.67. The summed E-state index contributed by atoms with van der Waals surface area (Å²) in [7, 11) is 1.85. The number of carbonyl (C=O) groups is 2. The molecular formula is C21H27N3O2S. The molecule has 2 heterocycles. The fraction of sp³-hybridized carbons (Fsp3) is 0.429. The lowest BCUT2D eigenvalue weighted by molar-refractivity contribution is -0.131. The molecule has 1 aromatic carbocycles. The molecule has 0 N–H and O–H groups in total. The molecule has 2 amide bonds. The molecule has 1 aliphatic heterocycles. The van der Waals surface area contributed by atoms with Gasteiger partial charge in [-0.3, -0.25) is 14.5 Å². The number of rotatable bonds is 5. The minimum Gasteiger partial charge on any atom is -0.340 e. The molecule has 144 valence electrons. The van der Waals surface area contributed by atoms with E-state index in [1.54, 1.807) is 16.2 Å². The molecule has 2 aromatic rings. The summed E-state index contributed by atoms with van der Waals surface area (Å²) in [6.07, 6.45) is 0.888. The lowest BCUT2D eigenvalue weighted by atomic mass is 10.1. The van der Waals surface area contributed by atoms with Gasteiger partial charge in [-0.25, -0.2) is 0 Å². The second kappa shape index (κ2) is 9.15. The van der Waals surface area contributed by atoms with Crippen LogP contribution in [0.3, 0.4) is 0 Å². The molecule has 6 heteroatoms. The van der Waals surface area contributed by atoms with Crippen molar-refractivity contribution < 1.29 is 9.59 Å². The highest BCUT2D eigenvalue weighted by atomic mass is 32.1. The number of aryl methyl sites for hydroxylation is 1. The highest BCUT2D eigenvalue weighted by molar-refractivity contribution is 7.09. The number of amides is 2. The number of likely N-dealkylation sites (N-methyl/N-ethyl adjacent to an activating group) is 1. The first-order valence-electron chi connectivity index (χ1n) is 9.37. The summed E-state index contributed by atoms with van der Waals surface area (Å²) in [4.78, 5) is 32.3. The lowest BCUT2D eigenvalue weighted by Gasteiger charge is -2.24. The summed E-state index contributed by atoms with van der Waals surface area (Å²) in [5, 5.41) is 2.03. The van der Waals surface area contributed by atoms with Gasteiger partial charge in [0.25, 0.3) is 5.91 Å². The number of thiophene rings is 1. The van der Waals surface area contributed by atoms with E-state index in [9.17, 15) is 9.59 Å². The van der Waals surface area contributed by atoms with Crippen molar-refractivity contribution in [2.75, 3.05) is 39.8 Å². The number of hydrogen-bond donors (Lipinski definition) is 0. The van der Waals surface area contributed by atoms with Crippen LogP contribution in [0.1, 0.15) is 27.2 Å². The largest absolute Gasteiger partial charge is 0.340 e. The third-order valence-electron chi connectivity index (χ3n) is 4.90. The number of benzene rings is 1. The molecule has 5 nitrogen and oxygen atoms in total. The molecule has 1 fully saturated rings. The first kappa shape index (κ1) is 19.6. The fourth-order valence-corrected chi connectivity index (χ4v) is 4.09. The normalized spacial score (nSPS) is 15.4. The molecule has 0 aliphatic carbocycles. The molecule has 0 radical (unpaired) electrons. The van der Waals surface area contributed by atoms with E-state index < -0.39 is 0 Å². The Morgan fingerprint density at radius 3 is 2.70 bits per heavy atom. The van der Waals surface area contributed by atoms with Crippen molar-refractivity contribution in [1.29, 1.82) is 0 Å². The van der Waals surface area contributed by atoms with E-state index in [1.807, 2.05) is 54.6 Å². The molecule has 0 unspecified atom stereocenters. The Kier molecular flexibility index (Phi) is 6.63. The molecular weight excluding hydrogens is 358 g/mol. The summed E-state index contributed by atoms with van der Waals surface area (Å²) in [5.41, 5.74) is 1.84. The van der Waals surface area contributed by atoms with E-state index in [4.69, 9.17) is 0 Å². The van der Waals surface area contributed by atoms with Crippen LogP contribution in [0.15, 0.2) is 41.8 Å². The lowest BCUT2D eigenvalue weighted by Crippen LogP contribution is -2.40. The zero-order valence-corrected chi connectivity index (χ0v) is 16.9. The number of carbonyl (C=O) groups excluding carboxylic acids is 2. The zero-order valence-electron chi connectivity index (χ0n) is 16.1. The van der Waals surface area contributed by atoms with Gasteiger partial charge in [0, 0.05) is 43.7 Å². The third kappa shape index (κ3) is 5.40. The van der Waals surface area contributed by atoms with Crippen molar-refractivity contribution in [3.63, 3.8) is 0 Å². The SMILES string of the molecule is Cc1cccc(C(=O)N2CCCN(CC(=O)N(C)Cc3cccs3)CC2)c1. The van der Waals surface area contributed by atoms with Crippen molar-refractivity contribution >= 4 is 23.2 Å². The zero-order chi connectivity index (χ0) is 19.2. The molecule has 1 aromatic heterocycles. The van der Waals surface area contributed by atoms with Gasteiger partial charge in [-0.15, -0.1) is 11.3 Å². The Hall–Kier alpha value is -2.18. The average molecular weight is 386 g/mol. The van der Waals surface area contributed by atoms with E-state index in [-0.39, 0.29) is 11.8 Å². The third-order valence-corrected chi connectivity index (χ3v) is 5.76. The van der Waals surface area contributed by atoms with Gasteiger partial charge in [0.05, 0.1) is 13.1 Å². The molecule has 0 atom stereocenters. The highest BCUT2D eigenvalue weighted by Gasteiger charge is 2.22. The van der Waals surface area contributed by atoms with Crippen LogP contribution in [-0.2, 0) is 11.3 Å². The Balaban J connectivity index is 1.52. The maximum Gasteiger partial charge on any atom is 0.253 e. The van der Waals surface area contributed by atoms with Gasteiger partial charge in [0.15, 0.2) is 0 Å². The molecule has 0 saturated carbocycles. The Labute approximate surface area is 165 Å². The monoisotopic (exact) mass is 385 g/mol. The predicted octanol–water partition coefficient (Wildman–Crippen LogP) is 2.86.